The molecule has 0 bridgehead atoms. The van der Waals surface area contributed by atoms with Gasteiger partial charge in [-0.05, 0) is 41.0 Å². The molecule has 2 rings (SSSR count). The van der Waals surface area contributed by atoms with Gasteiger partial charge in [-0.15, -0.1) is 11.6 Å². The lowest BCUT2D eigenvalue weighted by Crippen LogP contribution is -2.04. The zero-order valence-corrected chi connectivity index (χ0v) is 11.2. The van der Waals surface area contributed by atoms with Crippen molar-refractivity contribution in [2.45, 2.75) is 12.1 Å². The summed E-state index contributed by atoms with van der Waals surface area (Å²) in [6, 6.07) is 10.1. The predicted octanol–water partition coefficient (Wildman–Crippen LogP) is 5.76. The monoisotopic (exact) mass is 304 g/mol. The molecular formula is C14H9Cl2F3. The van der Waals surface area contributed by atoms with Gasteiger partial charge in [0.2, 0.25) is 0 Å². The predicted molar refractivity (Wildman–Crippen MR) is 71.4 cm³/mol. The summed E-state index contributed by atoms with van der Waals surface area (Å²) in [7, 11) is 0. The van der Waals surface area contributed by atoms with Crippen LogP contribution in [-0.2, 0) is 12.1 Å². The summed E-state index contributed by atoms with van der Waals surface area (Å²) in [4.78, 5) is 0. The molecule has 0 heterocycles. The number of benzene rings is 2. The number of alkyl halides is 4. The van der Waals surface area contributed by atoms with Gasteiger partial charge in [0.05, 0.1) is 5.56 Å². The summed E-state index contributed by atoms with van der Waals surface area (Å²) in [5.74, 6) is 0.211. The van der Waals surface area contributed by atoms with Crippen LogP contribution in [0.5, 0.6) is 0 Å². The molecule has 0 aromatic heterocycles. The van der Waals surface area contributed by atoms with Gasteiger partial charge in [-0.25, -0.2) is 0 Å². The molecule has 0 aliphatic rings. The topological polar surface area (TPSA) is 0 Å². The van der Waals surface area contributed by atoms with Crippen LogP contribution in [0.4, 0.5) is 13.2 Å². The largest absolute Gasteiger partial charge is 0.416 e. The molecule has 5 heteroatoms. The summed E-state index contributed by atoms with van der Waals surface area (Å²) >= 11 is 11.7. The van der Waals surface area contributed by atoms with Crippen LogP contribution in [0.2, 0.25) is 5.02 Å². The molecule has 0 nitrogen and oxygen atoms in total. The highest BCUT2D eigenvalue weighted by molar-refractivity contribution is 6.31. The van der Waals surface area contributed by atoms with E-state index in [4.69, 9.17) is 23.2 Å². The highest BCUT2D eigenvalue weighted by atomic mass is 35.5. The van der Waals surface area contributed by atoms with Crippen molar-refractivity contribution in [2.24, 2.45) is 0 Å². The number of hydrogen-bond acceptors (Lipinski definition) is 0. The van der Waals surface area contributed by atoms with Crippen molar-refractivity contribution in [3.63, 3.8) is 0 Å². The van der Waals surface area contributed by atoms with E-state index in [0.717, 1.165) is 17.7 Å². The second kappa shape index (κ2) is 5.43. The van der Waals surface area contributed by atoms with Gasteiger partial charge in [0, 0.05) is 10.9 Å². The standard InChI is InChI=1S/C14H9Cl2F3/c15-8-10-4-5-12(16)7-13(10)9-2-1-3-11(6-9)14(17,18)19/h1-7H,8H2. The van der Waals surface area contributed by atoms with Crippen molar-refractivity contribution in [3.8, 4) is 11.1 Å². The third-order valence-corrected chi connectivity index (χ3v) is 3.24. The summed E-state index contributed by atoms with van der Waals surface area (Å²) in [5.41, 5.74) is 1.12. The van der Waals surface area contributed by atoms with Crippen molar-refractivity contribution < 1.29 is 13.2 Å². The van der Waals surface area contributed by atoms with Crippen LogP contribution >= 0.6 is 23.2 Å². The van der Waals surface area contributed by atoms with Crippen LogP contribution in [-0.4, -0.2) is 0 Å². The molecule has 0 saturated carbocycles. The van der Waals surface area contributed by atoms with Crippen molar-refractivity contribution in [2.75, 3.05) is 0 Å². The zero-order valence-electron chi connectivity index (χ0n) is 9.64. The molecule has 0 amide bonds. The van der Waals surface area contributed by atoms with Crippen LogP contribution < -0.4 is 0 Å². The first-order chi connectivity index (χ1) is 8.91. The summed E-state index contributed by atoms with van der Waals surface area (Å²) in [6.45, 7) is 0. The Balaban J connectivity index is 2.56. The van der Waals surface area contributed by atoms with Gasteiger partial charge in [-0.1, -0.05) is 29.8 Å². The molecule has 0 atom stereocenters. The van der Waals surface area contributed by atoms with Gasteiger partial charge in [-0.2, -0.15) is 13.2 Å². The first-order valence-corrected chi connectivity index (χ1v) is 6.35. The fourth-order valence-corrected chi connectivity index (χ4v) is 2.20. The molecule has 0 N–H and O–H groups in total. The maximum atomic E-state index is 12.7. The molecule has 0 fully saturated rings. The Morgan fingerprint density at radius 2 is 1.74 bits per heavy atom. The first kappa shape index (κ1) is 14.2. The SMILES string of the molecule is FC(F)(F)c1cccc(-c2cc(Cl)ccc2CCl)c1. The Labute approximate surface area is 118 Å². The van der Waals surface area contributed by atoms with E-state index in [9.17, 15) is 13.2 Å². The number of rotatable bonds is 2. The minimum absolute atomic E-state index is 0.211. The number of hydrogen-bond donors (Lipinski definition) is 0. The van der Waals surface area contributed by atoms with Crippen LogP contribution in [0, 0.1) is 0 Å². The Morgan fingerprint density at radius 1 is 1.00 bits per heavy atom. The van der Waals surface area contributed by atoms with Crippen molar-refractivity contribution in [1.29, 1.82) is 0 Å². The highest BCUT2D eigenvalue weighted by Gasteiger charge is 2.30. The maximum Gasteiger partial charge on any atom is 0.416 e. The van der Waals surface area contributed by atoms with E-state index in [1.54, 1.807) is 24.3 Å². The molecular weight excluding hydrogens is 296 g/mol. The van der Waals surface area contributed by atoms with Crippen LogP contribution in [0.1, 0.15) is 11.1 Å². The lowest BCUT2D eigenvalue weighted by Gasteiger charge is -2.11. The molecule has 0 unspecified atom stereocenters. The van der Waals surface area contributed by atoms with E-state index in [0.29, 0.717) is 16.1 Å². The van der Waals surface area contributed by atoms with E-state index >= 15 is 0 Å². The van der Waals surface area contributed by atoms with Gasteiger partial charge in [-0.3, -0.25) is 0 Å². The summed E-state index contributed by atoms with van der Waals surface area (Å²) in [6.07, 6.45) is -4.37. The van der Waals surface area contributed by atoms with E-state index in [1.165, 1.54) is 6.07 Å². The molecule has 2 aromatic carbocycles. The minimum atomic E-state index is -4.37. The van der Waals surface area contributed by atoms with E-state index in [-0.39, 0.29) is 5.88 Å². The fraction of sp³-hybridized carbons (Fsp3) is 0.143. The molecule has 0 spiro atoms. The summed E-state index contributed by atoms with van der Waals surface area (Å²) in [5, 5.41) is 0.460. The molecule has 100 valence electrons. The van der Waals surface area contributed by atoms with Crippen LogP contribution in [0.15, 0.2) is 42.5 Å². The van der Waals surface area contributed by atoms with Gasteiger partial charge in [0.1, 0.15) is 0 Å². The average Bonchev–Trinajstić information content (AvgIpc) is 2.38. The van der Waals surface area contributed by atoms with Crippen LogP contribution in [0.3, 0.4) is 0 Å². The Hall–Kier alpha value is -1.19. The third-order valence-electron chi connectivity index (χ3n) is 2.72. The Morgan fingerprint density at radius 3 is 2.37 bits per heavy atom. The summed E-state index contributed by atoms with van der Waals surface area (Å²) < 4.78 is 38.1. The third kappa shape index (κ3) is 3.23. The lowest BCUT2D eigenvalue weighted by atomic mass is 9.99. The average molecular weight is 305 g/mol. The van der Waals surface area contributed by atoms with Crippen LogP contribution in [0.25, 0.3) is 11.1 Å². The Bertz CT molecular complexity index is 591. The Kier molecular flexibility index (Phi) is 4.07. The molecule has 0 aliphatic carbocycles. The number of halogens is 5. The van der Waals surface area contributed by atoms with Gasteiger partial charge in [0.15, 0.2) is 0 Å². The molecule has 2 aromatic rings. The quantitative estimate of drug-likeness (QED) is 0.618. The van der Waals surface area contributed by atoms with Crippen molar-refractivity contribution in [1.82, 2.24) is 0 Å². The smallest absolute Gasteiger partial charge is 0.166 e. The minimum Gasteiger partial charge on any atom is -0.166 e. The molecule has 0 saturated heterocycles. The van der Waals surface area contributed by atoms with Gasteiger partial charge >= 0.3 is 6.18 Å². The first-order valence-electron chi connectivity index (χ1n) is 5.44. The second-order valence-corrected chi connectivity index (χ2v) is 4.72. The van der Waals surface area contributed by atoms with E-state index in [2.05, 4.69) is 0 Å². The van der Waals surface area contributed by atoms with Gasteiger partial charge < -0.3 is 0 Å². The highest BCUT2D eigenvalue weighted by Crippen LogP contribution is 2.34. The second-order valence-electron chi connectivity index (χ2n) is 4.01. The lowest BCUT2D eigenvalue weighted by molar-refractivity contribution is -0.137. The zero-order chi connectivity index (χ0) is 14.0. The maximum absolute atomic E-state index is 12.7. The fourth-order valence-electron chi connectivity index (χ4n) is 1.80. The van der Waals surface area contributed by atoms with E-state index in [1.807, 2.05) is 0 Å². The van der Waals surface area contributed by atoms with Gasteiger partial charge in [0.25, 0.3) is 0 Å². The van der Waals surface area contributed by atoms with E-state index < -0.39 is 11.7 Å². The molecule has 0 aliphatic heterocycles. The normalized spacial score (nSPS) is 11.6. The van der Waals surface area contributed by atoms with Crippen molar-refractivity contribution in [3.05, 3.63) is 58.6 Å². The van der Waals surface area contributed by atoms with Crippen molar-refractivity contribution >= 4 is 23.2 Å². The molecule has 0 radical (unpaired) electrons. The molecule has 19 heavy (non-hydrogen) atoms.